The van der Waals surface area contributed by atoms with Gasteiger partial charge in [0.2, 0.25) is 5.91 Å². The van der Waals surface area contributed by atoms with Crippen molar-refractivity contribution in [3.8, 4) is 0 Å². The van der Waals surface area contributed by atoms with Crippen LogP contribution in [0.5, 0.6) is 0 Å². The summed E-state index contributed by atoms with van der Waals surface area (Å²) >= 11 is 0. The highest BCUT2D eigenvalue weighted by Gasteiger charge is 2.47. The van der Waals surface area contributed by atoms with E-state index in [1.165, 1.54) is 0 Å². The Labute approximate surface area is 114 Å². The zero-order valence-corrected chi connectivity index (χ0v) is 11.8. The summed E-state index contributed by atoms with van der Waals surface area (Å²) in [6, 6.07) is -0.648. The minimum atomic E-state index is -0.863. The van der Waals surface area contributed by atoms with Gasteiger partial charge in [0, 0.05) is 13.1 Å². The Morgan fingerprint density at radius 1 is 1.47 bits per heavy atom. The number of aliphatic carboxylic acids is 1. The molecule has 0 saturated carbocycles. The van der Waals surface area contributed by atoms with E-state index in [0.29, 0.717) is 13.1 Å². The zero-order chi connectivity index (χ0) is 14.0. The minimum absolute atomic E-state index is 0.0402. The largest absolute Gasteiger partial charge is 0.480 e. The van der Waals surface area contributed by atoms with Crippen molar-refractivity contribution in [2.24, 2.45) is 11.3 Å². The minimum Gasteiger partial charge on any atom is -0.480 e. The summed E-state index contributed by atoms with van der Waals surface area (Å²) in [5.74, 6) is -0.782. The van der Waals surface area contributed by atoms with E-state index in [1.54, 1.807) is 4.90 Å². The van der Waals surface area contributed by atoms with E-state index in [9.17, 15) is 14.7 Å². The first kappa shape index (κ1) is 14.3. The first-order chi connectivity index (χ1) is 9.02. The highest BCUT2D eigenvalue weighted by molar-refractivity contribution is 5.88. The topological polar surface area (TPSA) is 69.6 Å². The predicted octanol–water partition coefficient (Wildman–Crippen LogP) is 1.09. The smallest absolute Gasteiger partial charge is 0.326 e. The van der Waals surface area contributed by atoms with E-state index in [4.69, 9.17) is 0 Å². The number of carbonyl (C=O) groups is 2. The lowest BCUT2D eigenvalue weighted by atomic mass is 9.80. The van der Waals surface area contributed by atoms with E-state index in [0.717, 1.165) is 32.2 Å². The summed E-state index contributed by atoms with van der Waals surface area (Å²) in [5.41, 5.74) is -0.384. The molecule has 3 unspecified atom stereocenters. The first-order valence-electron chi connectivity index (χ1n) is 7.26. The fourth-order valence-corrected chi connectivity index (χ4v) is 3.48. The summed E-state index contributed by atoms with van der Waals surface area (Å²) < 4.78 is 0. The van der Waals surface area contributed by atoms with Gasteiger partial charge in [0.25, 0.3) is 0 Å². The number of nitrogens with zero attached hydrogens (tertiary/aromatic N) is 1. The number of piperidine rings is 1. The molecule has 2 heterocycles. The van der Waals surface area contributed by atoms with Crippen molar-refractivity contribution < 1.29 is 14.7 Å². The molecular weight excluding hydrogens is 244 g/mol. The SMILES string of the molecule is CCC1(C(=O)N2CCCC(C)C2C(=O)O)CCNC1. The van der Waals surface area contributed by atoms with Crippen LogP contribution in [0.25, 0.3) is 0 Å². The quantitative estimate of drug-likeness (QED) is 0.804. The van der Waals surface area contributed by atoms with Crippen LogP contribution in [-0.2, 0) is 9.59 Å². The Morgan fingerprint density at radius 3 is 2.74 bits per heavy atom. The average Bonchev–Trinajstić information content (AvgIpc) is 2.87. The molecule has 0 aliphatic carbocycles. The maximum Gasteiger partial charge on any atom is 0.326 e. The second-order valence-electron chi connectivity index (χ2n) is 5.96. The third-order valence-corrected chi connectivity index (χ3v) is 4.82. The zero-order valence-electron chi connectivity index (χ0n) is 11.8. The van der Waals surface area contributed by atoms with Crippen molar-refractivity contribution in [3.63, 3.8) is 0 Å². The highest BCUT2D eigenvalue weighted by atomic mass is 16.4. The molecular formula is C14H24N2O3. The normalized spacial score (nSPS) is 35.4. The monoisotopic (exact) mass is 268 g/mol. The standard InChI is InChI=1S/C14H24N2O3/c1-3-14(6-7-15-9-14)13(19)16-8-4-5-10(2)11(16)12(17)18/h10-11,15H,3-9H2,1-2H3,(H,17,18). The Kier molecular flexibility index (Phi) is 4.13. The number of hydrogen-bond donors (Lipinski definition) is 2. The van der Waals surface area contributed by atoms with Crippen LogP contribution in [-0.4, -0.2) is 47.6 Å². The Bertz CT molecular complexity index is 364. The molecule has 108 valence electrons. The third kappa shape index (κ3) is 2.48. The van der Waals surface area contributed by atoms with Crippen LogP contribution in [0.3, 0.4) is 0 Å². The van der Waals surface area contributed by atoms with E-state index >= 15 is 0 Å². The number of carbonyl (C=O) groups excluding carboxylic acids is 1. The van der Waals surface area contributed by atoms with Gasteiger partial charge in [-0.05, 0) is 38.1 Å². The molecule has 0 radical (unpaired) electrons. The van der Waals surface area contributed by atoms with Crippen LogP contribution in [0.2, 0.25) is 0 Å². The van der Waals surface area contributed by atoms with Crippen molar-refractivity contribution >= 4 is 11.9 Å². The first-order valence-corrected chi connectivity index (χ1v) is 7.26. The van der Waals surface area contributed by atoms with Crippen LogP contribution >= 0.6 is 0 Å². The van der Waals surface area contributed by atoms with Crippen molar-refractivity contribution in [1.29, 1.82) is 0 Å². The molecule has 2 saturated heterocycles. The molecule has 2 N–H and O–H groups in total. The van der Waals surface area contributed by atoms with Crippen LogP contribution < -0.4 is 5.32 Å². The van der Waals surface area contributed by atoms with Gasteiger partial charge < -0.3 is 15.3 Å². The third-order valence-electron chi connectivity index (χ3n) is 4.82. The summed E-state index contributed by atoms with van der Waals surface area (Å²) in [5, 5.41) is 12.7. The highest BCUT2D eigenvalue weighted by Crippen LogP contribution is 2.35. The van der Waals surface area contributed by atoms with Gasteiger partial charge in [0.15, 0.2) is 0 Å². The fraction of sp³-hybridized carbons (Fsp3) is 0.857. The van der Waals surface area contributed by atoms with E-state index in [2.05, 4.69) is 5.32 Å². The van der Waals surface area contributed by atoms with Gasteiger partial charge in [-0.1, -0.05) is 13.8 Å². The maximum absolute atomic E-state index is 12.8. The van der Waals surface area contributed by atoms with Crippen LogP contribution in [0.15, 0.2) is 0 Å². The molecule has 0 aromatic carbocycles. The summed E-state index contributed by atoms with van der Waals surface area (Å²) in [4.78, 5) is 25.9. The molecule has 19 heavy (non-hydrogen) atoms. The van der Waals surface area contributed by atoms with E-state index < -0.39 is 12.0 Å². The molecule has 3 atom stereocenters. The van der Waals surface area contributed by atoms with Crippen molar-refractivity contribution in [3.05, 3.63) is 0 Å². The van der Waals surface area contributed by atoms with Gasteiger partial charge >= 0.3 is 5.97 Å². The van der Waals surface area contributed by atoms with E-state index in [-0.39, 0.29) is 17.2 Å². The molecule has 2 rings (SSSR count). The summed E-state index contributed by atoms with van der Waals surface area (Å²) in [6.07, 6.45) is 3.39. The van der Waals surface area contributed by atoms with Gasteiger partial charge in [-0.15, -0.1) is 0 Å². The lowest BCUT2D eigenvalue weighted by Crippen LogP contribution is -2.56. The van der Waals surface area contributed by atoms with Gasteiger partial charge in [-0.3, -0.25) is 4.79 Å². The van der Waals surface area contributed by atoms with Crippen LogP contribution in [0.1, 0.15) is 39.5 Å². The number of carboxylic acid groups (broad SMARTS) is 1. The Morgan fingerprint density at radius 2 is 2.21 bits per heavy atom. The molecule has 2 aliphatic heterocycles. The van der Waals surface area contributed by atoms with Gasteiger partial charge in [-0.25, -0.2) is 4.79 Å². The van der Waals surface area contributed by atoms with Crippen molar-refractivity contribution in [2.45, 2.75) is 45.6 Å². The van der Waals surface area contributed by atoms with Crippen LogP contribution in [0.4, 0.5) is 0 Å². The number of amides is 1. The van der Waals surface area contributed by atoms with Crippen LogP contribution in [0, 0.1) is 11.3 Å². The van der Waals surface area contributed by atoms with Crippen molar-refractivity contribution in [2.75, 3.05) is 19.6 Å². The van der Waals surface area contributed by atoms with Gasteiger partial charge in [0.05, 0.1) is 5.41 Å². The van der Waals surface area contributed by atoms with Gasteiger partial charge in [-0.2, -0.15) is 0 Å². The van der Waals surface area contributed by atoms with Crippen molar-refractivity contribution in [1.82, 2.24) is 10.2 Å². The lowest BCUT2D eigenvalue weighted by molar-refractivity contribution is -0.159. The number of carboxylic acids is 1. The number of likely N-dealkylation sites (tertiary alicyclic amines) is 1. The second-order valence-corrected chi connectivity index (χ2v) is 5.96. The Hall–Kier alpha value is -1.10. The maximum atomic E-state index is 12.8. The molecule has 0 aromatic rings. The predicted molar refractivity (Wildman–Crippen MR) is 71.7 cm³/mol. The lowest BCUT2D eigenvalue weighted by Gasteiger charge is -2.41. The van der Waals surface area contributed by atoms with E-state index in [1.807, 2.05) is 13.8 Å². The number of rotatable bonds is 3. The molecule has 5 nitrogen and oxygen atoms in total. The molecule has 1 amide bonds. The van der Waals surface area contributed by atoms with Gasteiger partial charge in [0.1, 0.15) is 6.04 Å². The number of hydrogen-bond acceptors (Lipinski definition) is 3. The molecule has 0 aromatic heterocycles. The molecule has 2 fully saturated rings. The summed E-state index contributed by atoms with van der Waals surface area (Å²) in [7, 11) is 0. The molecule has 2 aliphatic rings. The molecule has 5 heteroatoms. The Balaban J connectivity index is 2.22. The second kappa shape index (κ2) is 5.49. The molecule has 0 bridgehead atoms. The number of nitrogens with one attached hydrogen (secondary N) is 1. The fourth-order valence-electron chi connectivity index (χ4n) is 3.48. The molecule has 0 spiro atoms. The average molecular weight is 268 g/mol. The summed E-state index contributed by atoms with van der Waals surface area (Å²) in [6.45, 7) is 6.07.